The molecule has 0 bridgehead atoms. The summed E-state index contributed by atoms with van der Waals surface area (Å²) < 4.78 is 0. The Balaban J connectivity index is 2.52. The molecule has 1 aromatic rings. The normalized spacial score (nSPS) is 10.3. The number of carbonyl (C=O) groups excluding carboxylic acids is 1. The molecule has 1 heterocycles. The van der Waals surface area contributed by atoms with Gasteiger partial charge in [0, 0.05) is 12.6 Å². The van der Waals surface area contributed by atoms with Crippen LogP contribution in [0.25, 0.3) is 0 Å². The number of hydrogen-bond acceptors (Lipinski definition) is 2. The number of halogens is 1. The van der Waals surface area contributed by atoms with Gasteiger partial charge >= 0.3 is 0 Å². The number of nitrogens with one attached hydrogen (secondary N) is 1. The van der Waals surface area contributed by atoms with E-state index in [9.17, 15) is 4.79 Å². The fourth-order valence-electron chi connectivity index (χ4n) is 1.01. The first kappa shape index (κ1) is 11.0. The van der Waals surface area contributed by atoms with Crippen LogP contribution in [-0.4, -0.2) is 10.9 Å². The minimum absolute atomic E-state index is 0.0187. The van der Waals surface area contributed by atoms with E-state index in [-0.39, 0.29) is 5.91 Å². The topological polar surface area (TPSA) is 42.0 Å². The van der Waals surface area contributed by atoms with Gasteiger partial charge in [-0.25, -0.2) is 4.98 Å². The predicted octanol–water partition coefficient (Wildman–Crippen LogP) is 2.72. The molecule has 0 aliphatic carbocycles. The van der Waals surface area contributed by atoms with Gasteiger partial charge in [-0.2, -0.15) is 0 Å². The molecule has 1 aromatic heterocycles. The van der Waals surface area contributed by atoms with Crippen LogP contribution in [0, 0.1) is 5.92 Å². The van der Waals surface area contributed by atoms with Gasteiger partial charge in [-0.3, -0.25) is 4.79 Å². The van der Waals surface area contributed by atoms with E-state index in [1.807, 2.05) is 13.8 Å². The second-order valence-corrected chi connectivity index (χ2v) is 3.94. The lowest BCUT2D eigenvalue weighted by Gasteiger charge is -2.05. The van der Waals surface area contributed by atoms with Gasteiger partial charge in [-0.05, 0) is 18.1 Å². The SMILES string of the molecule is CC(C)CC(=O)Nc1ccc(Cl)cn1. The predicted molar refractivity (Wildman–Crippen MR) is 57.3 cm³/mol. The molecule has 0 aliphatic heterocycles. The molecule has 0 aliphatic rings. The summed E-state index contributed by atoms with van der Waals surface area (Å²) in [5.41, 5.74) is 0. The molecule has 1 rings (SSSR count). The first-order valence-corrected chi connectivity index (χ1v) is 4.87. The van der Waals surface area contributed by atoms with E-state index < -0.39 is 0 Å². The van der Waals surface area contributed by atoms with Crippen molar-refractivity contribution in [3.63, 3.8) is 0 Å². The molecule has 0 aromatic carbocycles. The summed E-state index contributed by atoms with van der Waals surface area (Å²) in [5, 5.41) is 3.25. The summed E-state index contributed by atoms with van der Waals surface area (Å²) in [6.07, 6.45) is 2.01. The third-order valence-corrected chi connectivity index (χ3v) is 1.81. The van der Waals surface area contributed by atoms with E-state index in [2.05, 4.69) is 10.3 Å². The van der Waals surface area contributed by atoms with Crippen LogP contribution in [0.4, 0.5) is 5.82 Å². The van der Waals surface area contributed by atoms with Gasteiger partial charge < -0.3 is 5.32 Å². The van der Waals surface area contributed by atoms with Gasteiger partial charge in [0.25, 0.3) is 0 Å². The van der Waals surface area contributed by atoms with E-state index in [4.69, 9.17) is 11.6 Å². The molecule has 1 amide bonds. The third kappa shape index (κ3) is 3.75. The molecule has 0 atom stereocenters. The van der Waals surface area contributed by atoms with Crippen LogP contribution >= 0.6 is 11.6 Å². The Bertz CT molecular complexity index is 308. The Morgan fingerprint density at radius 1 is 1.57 bits per heavy atom. The molecule has 0 unspecified atom stereocenters. The minimum atomic E-state index is -0.0187. The van der Waals surface area contributed by atoms with E-state index >= 15 is 0 Å². The Labute approximate surface area is 88.5 Å². The van der Waals surface area contributed by atoms with Gasteiger partial charge in [-0.1, -0.05) is 25.4 Å². The number of pyridine rings is 1. The van der Waals surface area contributed by atoms with E-state index in [1.54, 1.807) is 12.1 Å². The Morgan fingerprint density at radius 2 is 2.29 bits per heavy atom. The van der Waals surface area contributed by atoms with Crippen LogP contribution in [0.3, 0.4) is 0 Å². The summed E-state index contributed by atoms with van der Waals surface area (Å²) in [6, 6.07) is 3.38. The maximum Gasteiger partial charge on any atom is 0.225 e. The number of amides is 1. The fourth-order valence-corrected chi connectivity index (χ4v) is 1.13. The average molecular weight is 213 g/mol. The van der Waals surface area contributed by atoms with E-state index in [1.165, 1.54) is 6.20 Å². The third-order valence-electron chi connectivity index (χ3n) is 1.59. The molecule has 76 valence electrons. The molecule has 0 spiro atoms. The largest absolute Gasteiger partial charge is 0.311 e. The maximum atomic E-state index is 11.3. The highest BCUT2D eigenvalue weighted by molar-refractivity contribution is 6.30. The van der Waals surface area contributed by atoms with Crippen molar-refractivity contribution in [2.24, 2.45) is 5.92 Å². The van der Waals surface area contributed by atoms with Crippen LogP contribution in [0.1, 0.15) is 20.3 Å². The average Bonchev–Trinajstić information content (AvgIpc) is 2.07. The molecule has 1 N–H and O–H groups in total. The van der Waals surface area contributed by atoms with Crippen molar-refractivity contribution in [3.05, 3.63) is 23.4 Å². The highest BCUT2D eigenvalue weighted by Gasteiger charge is 2.05. The minimum Gasteiger partial charge on any atom is -0.311 e. The highest BCUT2D eigenvalue weighted by atomic mass is 35.5. The van der Waals surface area contributed by atoms with E-state index in [0.29, 0.717) is 23.2 Å². The smallest absolute Gasteiger partial charge is 0.225 e. The van der Waals surface area contributed by atoms with Crippen LogP contribution < -0.4 is 5.32 Å². The van der Waals surface area contributed by atoms with Gasteiger partial charge in [0.05, 0.1) is 5.02 Å². The van der Waals surface area contributed by atoms with Crippen LogP contribution in [0.15, 0.2) is 18.3 Å². The molecular formula is C10H13ClN2O. The standard InChI is InChI=1S/C10H13ClN2O/c1-7(2)5-10(14)13-9-4-3-8(11)6-12-9/h3-4,6-7H,5H2,1-2H3,(H,12,13,14). The molecule has 0 fully saturated rings. The molecule has 3 nitrogen and oxygen atoms in total. The lowest BCUT2D eigenvalue weighted by Crippen LogP contribution is -2.14. The Kier molecular flexibility index (Phi) is 3.89. The summed E-state index contributed by atoms with van der Waals surface area (Å²) in [7, 11) is 0. The lowest BCUT2D eigenvalue weighted by molar-refractivity contribution is -0.116. The van der Waals surface area contributed by atoms with Gasteiger partial charge in [0.15, 0.2) is 0 Å². The van der Waals surface area contributed by atoms with Crippen molar-refractivity contribution in [2.45, 2.75) is 20.3 Å². The first-order chi connectivity index (χ1) is 6.58. The quantitative estimate of drug-likeness (QED) is 0.837. The number of nitrogens with zero attached hydrogens (tertiary/aromatic N) is 1. The van der Waals surface area contributed by atoms with Gasteiger partial charge in [0.2, 0.25) is 5.91 Å². The monoisotopic (exact) mass is 212 g/mol. The van der Waals surface area contributed by atoms with Crippen molar-refractivity contribution in [1.82, 2.24) is 4.98 Å². The first-order valence-electron chi connectivity index (χ1n) is 4.49. The zero-order valence-electron chi connectivity index (χ0n) is 8.25. The molecule has 0 saturated carbocycles. The number of anilines is 1. The zero-order chi connectivity index (χ0) is 10.6. The number of hydrogen-bond donors (Lipinski definition) is 1. The second kappa shape index (κ2) is 4.96. The van der Waals surface area contributed by atoms with E-state index in [0.717, 1.165) is 0 Å². The fraction of sp³-hybridized carbons (Fsp3) is 0.400. The highest BCUT2D eigenvalue weighted by Crippen LogP contribution is 2.10. The van der Waals surface area contributed by atoms with Crippen molar-refractivity contribution < 1.29 is 4.79 Å². The van der Waals surface area contributed by atoms with Crippen LogP contribution in [-0.2, 0) is 4.79 Å². The summed E-state index contributed by atoms with van der Waals surface area (Å²) in [6.45, 7) is 3.99. The lowest BCUT2D eigenvalue weighted by atomic mass is 10.1. The molecule has 14 heavy (non-hydrogen) atoms. The summed E-state index contributed by atoms with van der Waals surface area (Å²) in [4.78, 5) is 15.3. The van der Waals surface area contributed by atoms with Crippen molar-refractivity contribution in [2.75, 3.05) is 5.32 Å². The molecule has 0 radical (unpaired) electrons. The molecular weight excluding hydrogens is 200 g/mol. The summed E-state index contributed by atoms with van der Waals surface area (Å²) >= 11 is 5.66. The summed E-state index contributed by atoms with van der Waals surface area (Å²) in [5.74, 6) is 0.872. The van der Waals surface area contributed by atoms with Crippen molar-refractivity contribution in [1.29, 1.82) is 0 Å². The molecule has 0 saturated heterocycles. The van der Waals surface area contributed by atoms with Crippen LogP contribution in [0.2, 0.25) is 5.02 Å². The number of rotatable bonds is 3. The van der Waals surface area contributed by atoms with Crippen LogP contribution in [0.5, 0.6) is 0 Å². The van der Waals surface area contributed by atoms with Crippen molar-refractivity contribution >= 4 is 23.3 Å². The van der Waals surface area contributed by atoms with Crippen molar-refractivity contribution in [3.8, 4) is 0 Å². The Morgan fingerprint density at radius 3 is 2.79 bits per heavy atom. The van der Waals surface area contributed by atoms with Gasteiger partial charge in [0.1, 0.15) is 5.82 Å². The number of aromatic nitrogens is 1. The number of carbonyl (C=O) groups is 1. The molecule has 4 heteroatoms. The maximum absolute atomic E-state index is 11.3. The Hall–Kier alpha value is -1.09. The zero-order valence-corrected chi connectivity index (χ0v) is 9.01. The van der Waals surface area contributed by atoms with Gasteiger partial charge in [-0.15, -0.1) is 0 Å². The second-order valence-electron chi connectivity index (χ2n) is 3.51.